The van der Waals surface area contributed by atoms with Crippen molar-refractivity contribution in [3.63, 3.8) is 0 Å². The number of benzene rings is 2. The minimum atomic E-state index is -4.05. The lowest BCUT2D eigenvalue weighted by atomic mass is 9.89. The summed E-state index contributed by atoms with van der Waals surface area (Å²) >= 11 is 0. The average Bonchev–Trinajstić information content (AvgIpc) is 4.07. The van der Waals surface area contributed by atoms with Gasteiger partial charge in [0.2, 0.25) is 33.6 Å². The van der Waals surface area contributed by atoms with Crippen LogP contribution in [0.4, 0.5) is 8.78 Å². The SMILES string of the molecule is Cc1cc(C(=O)C[C@H]2CCCCCC(F)(F)C[C@@H]3C[C@@]3(C(=O)NS(=O)(=O)C3CC3)CC(=O)[C@@H]3C[C@@H](Oc4nc5ccccc5nc4-c4ccccc4)CN3C2=O)no1. The van der Waals surface area contributed by atoms with E-state index in [0.717, 1.165) is 5.56 Å². The van der Waals surface area contributed by atoms with Crippen LogP contribution in [-0.4, -0.2) is 81.7 Å². The lowest BCUT2D eigenvalue weighted by Gasteiger charge is -2.29. The molecular formula is C42H45F2N5O8S. The number of hydrogen-bond donors (Lipinski definition) is 1. The summed E-state index contributed by atoms with van der Waals surface area (Å²) in [7, 11) is -4.05. The number of para-hydroxylation sites is 2. The fourth-order valence-corrected chi connectivity index (χ4v) is 9.96. The summed E-state index contributed by atoms with van der Waals surface area (Å²) in [6.07, 6.45) is -1.08. The number of carbonyl (C=O) groups is 4. The van der Waals surface area contributed by atoms with Crippen molar-refractivity contribution in [2.45, 2.75) is 107 Å². The maximum Gasteiger partial charge on any atom is 0.248 e. The van der Waals surface area contributed by atoms with Gasteiger partial charge in [0.15, 0.2) is 11.6 Å². The number of aromatic nitrogens is 3. The maximum atomic E-state index is 15.5. The van der Waals surface area contributed by atoms with Crippen molar-refractivity contribution in [3.05, 3.63) is 72.1 Å². The highest BCUT2D eigenvalue weighted by Gasteiger charge is 2.64. The number of halogens is 2. The van der Waals surface area contributed by atoms with Gasteiger partial charge in [-0.25, -0.2) is 27.2 Å². The number of ether oxygens (including phenoxy) is 1. The molecule has 2 aliphatic heterocycles. The molecule has 5 atom stereocenters. The second-order valence-electron chi connectivity index (χ2n) is 16.4. The quantitative estimate of drug-likeness (QED) is 0.185. The number of carbonyl (C=O) groups excluding carboxylic acids is 4. The number of alkyl halides is 2. The van der Waals surface area contributed by atoms with Crippen molar-refractivity contribution in [2.24, 2.45) is 17.3 Å². The molecule has 0 spiro atoms. The molecule has 8 rings (SSSR count). The van der Waals surface area contributed by atoms with E-state index < -0.39 is 93.2 Å². The standard InChI is InChI=1S/C42H45F2N5O8S/c1-25-18-33(47-57-25)35(50)19-27-12-6-3-9-17-42(43,44)22-28-21-41(28,40(53)48-58(54,55)30-15-16-30)23-36(51)34-20-29(24-49(34)39(27)52)56-38-37(26-10-4-2-5-11-26)45-31-13-7-8-14-32(31)46-38/h2,4-5,7-8,10-11,13-14,18,27-30,34H,3,6,9,12,15-17,19-24H2,1H3,(H,48,53)/t27-,28+,29-,34+,41-/m1/s1. The Kier molecular flexibility index (Phi) is 10.7. The second kappa shape index (κ2) is 15.6. The first-order valence-electron chi connectivity index (χ1n) is 19.9. The number of Topliss-reactive ketones (excluding diaryl/α,β-unsaturated/α-hetero) is 2. The Morgan fingerprint density at radius 2 is 1.69 bits per heavy atom. The summed E-state index contributed by atoms with van der Waals surface area (Å²) in [5.74, 6) is -6.93. The Labute approximate surface area is 334 Å². The molecule has 16 heteroatoms. The van der Waals surface area contributed by atoms with E-state index in [0.29, 0.717) is 48.2 Å². The number of fused-ring (bicyclic) bond motifs is 3. The van der Waals surface area contributed by atoms with Crippen LogP contribution in [0.25, 0.3) is 22.3 Å². The van der Waals surface area contributed by atoms with E-state index in [4.69, 9.17) is 19.2 Å². The highest BCUT2D eigenvalue weighted by Crippen LogP contribution is 2.60. The second-order valence-corrected chi connectivity index (χ2v) is 18.4. The topological polar surface area (TPSA) is 179 Å². The minimum absolute atomic E-state index is 0.0324. The molecule has 2 aliphatic carbocycles. The molecule has 4 aromatic rings. The lowest BCUT2D eigenvalue weighted by molar-refractivity contribution is -0.142. The molecule has 2 saturated carbocycles. The summed E-state index contributed by atoms with van der Waals surface area (Å²) in [5.41, 5.74) is 0.716. The molecular weight excluding hydrogens is 773 g/mol. The molecule has 0 bridgehead atoms. The van der Waals surface area contributed by atoms with Crippen LogP contribution >= 0.6 is 0 Å². The monoisotopic (exact) mass is 817 g/mol. The van der Waals surface area contributed by atoms with E-state index in [1.165, 1.54) is 11.0 Å². The van der Waals surface area contributed by atoms with Gasteiger partial charge in [0.25, 0.3) is 0 Å². The molecule has 2 aromatic heterocycles. The van der Waals surface area contributed by atoms with Crippen LogP contribution in [-0.2, 0) is 24.4 Å². The Morgan fingerprint density at radius 3 is 2.40 bits per heavy atom. The molecule has 306 valence electrons. The fourth-order valence-electron chi connectivity index (χ4n) is 8.57. The zero-order chi connectivity index (χ0) is 40.8. The van der Waals surface area contributed by atoms with E-state index in [2.05, 4.69) is 9.88 Å². The molecule has 2 amide bonds. The molecule has 4 fully saturated rings. The largest absolute Gasteiger partial charge is 0.471 e. The molecule has 4 aliphatic rings. The van der Waals surface area contributed by atoms with Gasteiger partial charge in [-0.2, -0.15) is 0 Å². The number of aryl methyl sites for hydroxylation is 1. The molecule has 0 unspecified atom stereocenters. The number of amides is 2. The Bertz CT molecular complexity index is 2350. The number of nitrogens with one attached hydrogen (secondary N) is 1. The summed E-state index contributed by atoms with van der Waals surface area (Å²) in [5, 5.41) is 3.08. The zero-order valence-electron chi connectivity index (χ0n) is 32.1. The molecule has 58 heavy (non-hydrogen) atoms. The maximum absolute atomic E-state index is 15.5. The first-order chi connectivity index (χ1) is 27.7. The van der Waals surface area contributed by atoms with Crippen molar-refractivity contribution in [1.82, 2.24) is 24.7 Å². The van der Waals surface area contributed by atoms with E-state index >= 15 is 8.78 Å². The summed E-state index contributed by atoms with van der Waals surface area (Å²) in [6, 6.07) is 16.9. The number of hydrogen-bond acceptors (Lipinski definition) is 11. The van der Waals surface area contributed by atoms with Gasteiger partial charge in [0.1, 0.15) is 23.3 Å². The Balaban J connectivity index is 1.14. The molecule has 4 heterocycles. The van der Waals surface area contributed by atoms with Gasteiger partial charge < -0.3 is 14.2 Å². The van der Waals surface area contributed by atoms with Crippen LogP contribution < -0.4 is 9.46 Å². The highest BCUT2D eigenvalue weighted by atomic mass is 32.2. The molecule has 13 nitrogen and oxygen atoms in total. The van der Waals surface area contributed by atoms with Gasteiger partial charge in [0.05, 0.1) is 34.3 Å². The summed E-state index contributed by atoms with van der Waals surface area (Å²) in [4.78, 5) is 67.7. The van der Waals surface area contributed by atoms with Crippen molar-refractivity contribution in [1.29, 1.82) is 0 Å². The molecule has 0 radical (unpaired) electrons. The number of rotatable bonds is 9. The predicted molar refractivity (Wildman–Crippen MR) is 206 cm³/mol. The first kappa shape index (κ1) is 39.7. The third kappa shape index (κ3) is 8.38. The summed E-state index contributed by atoms with van der Waals surface area (Å²) in [6.45, 7) is 1.56. The van der Waals surface area contributed by atoms with Gasteiger partial charge in [-0.15, -0.1) is 0 Å². The normalized spacial score (nSPS) is 26.6. The Hall–Kier alpha value is -5.12. The van der Waals surface area contributed by atoms with Crippen LogP contribution in [0.5, 0.6) is 5.88 Å². The van der Waals surface area contributed by atoms with Crippen molar-refractivity contribution >= 4 is 44.4 Å². The first-order valence-corrected chi connectivity index (χ1v) is 21.5. The van der Waals surface area contributed by atoms with Gasteiger partial charge in [-0.1, -0.05) is 60.5 Å². The number of ketones is 2. The zero-order valence-corrected chi connectivity index (χ0v) is 32.9. The van der Waals surface area contributed by atoms with Crippen molar-refractivity contribution in [2.75, 3.05) is 6.54 Å². The van der Waals surface area contributed by atoms with Gasteiger partial charge in [0, 0.05) is 49.7 Å². The third-order valence-corrected chi connectivity index (χ3v) is 13.8. The van der Waals surface area contributed by atoms with Crippen LogP contribution in [0.1, 0.15) is 93.3 Å². The predicted octanol–water partition coefficient (Wildman–Crippen LogP) is 6.39. The van der Waals surface area contributed by atoms with E-state index in [9.17, 15) is 27.6 Å². The van der Waals surface area contributed by atoms with E-state index in [1.54, 1.807) is 13.0 Å². The average molecular weight is 818 g/mol. The van der Waals surface area contributed by atoms with Gasteiger partial charge in [-0.05, 0) is 57.1 Å². The molecule has 1 N–H and O–H groups in total. The smallest absolute Gasteiger partial charge is 0.248 e. The van der Waals surface area contributed by atoms with Gasteiger partial charge >= 0.3 is 0 Å². The Morgan fingerprint density at radius 1 is 0.966 bits per heavy atom. The number of sulfonamides is 1. The van der Waals surface area contributed by atoms with Crippen molar-refractivity contribution in [3.8, 4) is 17.1 Å². The summed E-state index contributed by atoms with van der Waals surface area (Å²) < 4.78 is 70.6. The minimum Gasteiger partial charge on any atom is -0.471 e. The van der Waals surface area contributed by atoms with Crippen molar-refractivity contribution < 1.29 is 45.6 Å². The van der Waals surface area contributed by atoms with E-state index in [-0.39, 0.29) is 50.2 Å². The van der Waals surface area contributed by atoms with Crippen LogP contribution in [0.3, 0.4) is 0 Å². The van der Waals surface area contributed by atoms with Gasteiger partial charge in [-0.3, -0.25) is 23.9 Å². The lowest BCUT2D eigenvalue weighted by Crippen LogP contribution is -2.46. The molecule has 2 aromatic carbocycles. The third-order valence-electron chi connectivity index (χ3n) is 12.0. The fraction of sp³-hybridized carbons (Fsp3) is 0.500. The van der Waals surface area contributed by atoms with Crippen LogP contribution in [0.15, 0.2) is 65.2 Å². The van der Waals surface area contributed by atoms with Crippen LogP contribution in [0.2, 0.25) is 0 Å². The highest BCUT2D eigenvalue weighted by molar-refractivity contribution is 7.90. The van der Waals surface area contributed by atoms with Crippen LogP contribution in [0, 0.1) is 24.2 Å². The number of nitrogens with zero attached hydrogens (tertiary/aromatic N) is 4. The molecule has 2 saturated heterocycles. The van der Waals surface area contributed by atoms with E-state index in [1.807, 2.05) is 48.5 Å².